The molecule has 1 N–H and O–H groups in total. The largest absolute Gasteiger partial charge is 0.382 e. The van der Waals surface area contributed by atoms with Gasteiger partial charge < -0.3 is 9.88 Å². The van der Waals surface area contributed by atoms with E-state index < -0.39 is 0 Å². The molecule has 0 bridgehead atoms. The maximum Gasteiger partial charge on any atom is 0.111 e. The van der Waals surface area contributed by atoms with Crippen LogP contribution in [0, 0.1) is 0 Å². The first-order chi connectivity index (χ1) is 8.68. The molecule has 18 heavy (non-hydrogen) atoms. The molecule has 0 saturated heterocycles. The molecule has 1 heterocycles. The van der Waals surface area contributed by atoms with Gasteiger partial charge in [0.1, 0.15) is 5.82 Å². The Kier molecular flexibility index (Phi) is 4.26. The topological polar surface area (TPSA) is 29.9 Å². The number of rotatable bonds is 5. The van der Waals surface area contributed by atoms with E-state index in [0.29, 0.717) is 5.92 Å². The zero-order valence-corrected chi connectivity index (χ0v) is 11.5. The third-order valence-corrected chi connectivity index (χ3v) is 3.14. The minimum Gasteiger partial charge on any atom is -0.382 e. The summed E-state index contributed by atoms with van der Waals surface area (Å²) < 4.78 is 2.18. The number of hydrogen-bond donors (Lipinski definition) is 1. The van der Waals surface area contributed by atoms with E-state index in [1.165, 1.54) is 0 Å². The zero-order chi connectivity index (χ0) is 13.0. The van der Waals surface area contributed by atoms with Gasteiger partial charge in [-0.1, -0.05) is 37.6 Å². The Hall–Kier alpha value is -1.48. The predicted molar refractivity (Wildman–Crippen MR) is 76.3 cm³/mol. The number of para-hydroxylation sites is 1. The van der Waals surface area contributed by atoms with Crippen LogP contribution in [0.3, 0.4) is 0 Å². The summed E-state index contributed by atoms with van der Waals surface area (Å²) in [6, 6.07) is 7.78. The van der Waals surface area contributed by atoms with Crippen LogP contribution in [0.2, 0.25) is 5.02 Å². The monoisotopic (exact) mass is 263 g/mol. The molecule has 2 rings (SSSR count). The van der Waals surface area contributed by atoms with Crippen molar-refractivity contribution in [3.63, 3.8) is 0 Å². The van der Waals surface area contributed by atoms with Gasteiger partial charge in [0.25, 0.3) is 0 Å². The Morgan fingerprint density at radius 1 is 1.33 bits per heavy atom. The Labute approximate surface area is 113 Å². The number of nitrogens with one attached hydrogen (secondary N) is 1. The summed E-state index contributed by atoms with van der Waals surface area (Å²) in [5.41, 5.74) is 0.977. The average molecular weight is 264 g/mol. The summed E-state index contributed by atoms with van der Waals surface area (Å²) in [7, 11) is 0. The first-order valence-electron chi connectivity index (χ1n) is 6.18. The molecule has 0 aliphatic rings. The van der Waals surface area contributed by atoms with E-state index in [1.807, 2.05) is 36.7 Å². The first kappa shape index (κ1) is 13.0. The van der Waals surface area contributed by atoms with E-state index in [0.717, 1.165) is 29.6 Å². The second-order valence-electron chi connectivity index (χ2n) is 4.54. The van der Waals surface area contributed by atoms with E-state index >= 15 is 0 Å². The molecule has 1 aromatic heterocycles. The molecule has 96 valence electrons. The van der Waals surface area contributed by atoms with Crippen molar-refractivity contribution >= 4 is 17.3 Å². The second-order valence-corrected chi connectivity index (χ2v) is 4.95. The van der Waals surface area contributed by atoms with Crippen LogP contribution in [0.25, 0.3) is 0 Å². The highest BCUT2D eigenvalue weighted by Crippen LogP contribution is 2.20. The molecule has 0 radical (unpaired) electrons. The van der Waals surface area contributed by atoms with Crippen LogP contribution in [0.5, 0.6) is 0 Å². The molecule has 0 saturated carbocycles. The molecular formula is C14H18ClN3. The molecule has 0 aliphatic carbocycles. The van der Waals surface area contributed by atoms with Crippen LogP contribution in [0.1, 0.15) is 25.6 Å². The summed E-state index contributed by atoms with van der Waals surface area (Å²) in [6.45, 7) is 6.03. The zero-order valence-electron chi connectivity index (χ0n) is 10.7. The van der Waals surface area contributed by atoms with E-state index in [4.69, 9.17) is 11.6 Å². The van der Waals surface area contributed by atoms with Crippen molar-refractivity contribution in [2.45, 2.75) is 26.3 Å². The number of halogens is 1. The summed E-state index contributed by atoms with van der Waals surface area (Å²) in [5.74, 6) is 1.57. The lowest BCUT2D eigenvalue weighted by Gasteiger charge is -2.12. The maximum atomic E-state index is 6.08. The van der Waals surface area contributed by atoms with Gasteiger partial charge in [-0.25, -0.2) is 4.98 Å². The first-order valence-corrected chi connectivity index (χ1v) is 6.55. The Bertz CT molecular complexity index is 505. The van der Waals surface area contributed by atoms with Crippen LogP contribution in [0.15, 0.2) is 36.7 Å². The SMILES string of the molecule is CC(C)c1nccn1CCNc1ccccc1Cl. The number of aromatic nitrogens is 2. The van der Waals surface area contributed by atoms with Crippen molar-refractivity contribution in [1.29, 1.82) is 0 Å². The molecular weight excluding hydrogens is 246 g/mol. The fourth-order valence-corrected chi connectivity index (χ4v) is 2.13. The molecule has 0 amide bonds. The second kappa shape index (κ2) is 5.91. The van der Waals surface area contributed by atoms with E-state index in [-0.39, 0.29) is 0 Å². The van der Waals surface area contributed by atoms with Crippen LogP contribution in [-0.4, -0.2) is 16.1 Å². The van der Waals surface area contributed by atoms with Gasteiger partial charge >= 0.3 is 0 Å². The number of hydrogen-bond acceptors (Lipinski definition) is 2. The van der Waals surface area contributed by atoms with Crippen molar-refractivity contribution in [3.05, 3.63) is 47.5 Å². The summed E-state index contributed by atoms with van der Waals surface area (Å²) in [6.07, 6.45) is 3.87. The van der Waals surface area contributed by atoms with E-state index in [9.17, 15) is 0 Å². The van der Waals surface area contributed by atoms with Crippen molar-refractivity contribution in [2.24, 2.45) is 0 Å². The fourth-order valence-electron chi connectivity index (χ4n) is 1.93. The molecule has 0 spiro atoms. The highest BCUT2D eigenvalue weighted by atomic mass is 35.5. The summed E-state index contributed by atoms with van der Waals surface area (Å²) in [5, 5.41) is 4.09. The molecule has 0 fully saturated rings. The summed E-state index contributed by atoms with van der Waals surface area (Å²) >= 11 is 6.08. The third-order valence-electron chi connectivity index (χ3n) is 2.81. The van der Waals surface area contributed by atoms with Crippen molar-refractivity contribution < 1.29 is 0 Å². The lowest BCUT2D eigenvalue weighted by Crippen LogP contribution is -2.13. The average Bonchev–Trinajstić information content (AvgIpc) is 2.80. The molecule has 4 heteroatoms. The van der Waals surface area contributed by atoms with E-state index in [2.05, 4.69) is 28.7 Å². The highest BCUT2D eigenvalue weighted by Gasteiger charge is 2.06. The quantitative estimate of drug-likeness (QED) is 0.890. The van der Waals surface area contributed by atoms with Crippen molar-refractivity contribution in [2.75, 3.05) is 11.9 Å². The lowest BCUT2D eigenvalue weighted by atomic mass is 10.2. The van der Waals surface area contributed by atoms with Gasteiger partial charge in [0.15, 0.2) is 0 Å². The standard InChI is InChI=1S/C14H18ClN3/c1-11(2)14-17-8-10-18(14)9-7-16-13-6-4-3-5-12(13)15/h3-6,8,10-11,16H,7,9H2,1-2H3. The van der Waals surface area contributed by atoms with Crippen LogP contribution in [0.4, 0.5) is 5.69 Å². The molecule has 3 nitrogen and oxygen atoms in total. The summed E-state index contributed by atoms with van der Waals surface area (Å²) in [4.78, 5) is 4.37. The van der Waals surface area contributed by atoms with Gasteiger partial charge in [-0.05, 0) is 12.1 Å². The van der Waals surface area contributed by atoms with Gasteiger partial charge in [-0.2, -0.15) is 0 Å². The minimum absolute atomic E-state index is 0.445. The normalized spacial score (nSPS) is 10.9. The van der Waals surface area contributed by atoms with Gasteiger partial charge in [-0.15, -0.1) is 0 Å². The van der Waals surface area contributed by atoms with Gasteiger partial charge in [-0.3, -0.25) is 0 Å². The molecule has 0 aliphatic heterocycles. The Morgan fingerprint density at radius 3 is 2.83 bits per heavy atom. The lowest BCUT2D eigenvalue weighted by molar-refractivity contribution is 0.637. The highest BCUT2D eigenvalue weighted by molar-refractivity contribution is 6.33. The number of benzene rings is 1. The van der Waals surface area contributed by atoms with Crippen LogP contribution in [-0.2, 0) is 6.54 Å². The van der Waals surface area contributed by atoms with Crippen molar-refractivity contribution in [3.8, 4) is 0 Å². The number of nitrogens with zero attached hydrogens (tertiary/aromatic N) is 2. The van der Waals surface area contributed by atoms with Crippen molar-refractivity contribution in [1.82, 2.24) is 9.55 Å². The third kappa shape index (κ3) is 3.05. The number of imidazole rings is 1. The maximum absolute atomic E-state index is 6.08. The minimum atomic E-state index is 0.445. The Morgan fingerprint density at radius 2 is 2.11 bits per heavy atom. The van der Waals surface area contributed by atoms with Gasteiger partial charge in [0.05, 0.1) is 10.7 Å². The molecule has 0 atom stereocenters. The molecule has 2 aromatic rings. The number of anilines is 1. The fraction of sp³-hybridized carbons (Fsp3) is 0.357. The van der Waals surface area contributed by atoms with Gasteiger partial charge in [0.2, 0.25) is 0 Å². The van der Waals surface area contributed by atoms with Crippen LogP contribution >= 0.6 is 11.6 Å². The van der Waals surface area contributed by atoms with Crippen LogP contribution < -0.4 is 5.32 Å². The van der Waals surface area contributed by atoms with Gasteiger partial charge in [0, 0.05) is 31.4 Å². The van der Waals surface area contributed by atoms with E-state index in [1.54, 1.807) is 0 Å². The Balaban J connectivity index is 1.93. The molecule has 0 unspecified atom stereocenters. The molecule has 1 aromatic carbocycles. The predicted octanol–water partition coefficient (Wildman–Crippen LogP) is 3.77. The smallest absolute Gasteiger partial charge is 0.111 e.